The van der Waals surface area contributed by atoms with Crippen molar-refractivity contribution in [1.82, 2.24) is 10.6 Å². The average Bonchev–Trinajstić information content (AvgIpc) is 2.53. The highest BCUT2D eigenvalue weighted by atomic mass is 32.1. The predicted molar refractivity (Wildman–Crippen MR) is 56.1 cm³/mol. The predicted octanol–water partition coefficient (Wildman–Crippen LogP) is 1.56. The molecule has 13 heavy (non-hydrogen) atoms. The van der Waals surface area contributed by atoms with Crippen LogP contribution in [0.4, 0.5) is 0 Å². The van der Waals surface area contributed by atoms with E-state index in [2.05, 4.69) is 22.8 Å². The molecule has 1 aromatic rings. The smallest absolute Gasteiger partial charge is 0.197 e. The molecule has 0 saturated heterocycles. The van der Waals surface area contributed by atoms with Crippen LogP contribution < -0.4 is 10.6 Å². The monoisotopic (exact) mass is 189 g/mol. The fourth-order valence-corrected chi connectivity index (χ4v) is 1.41. The van der Waals surface area contributed by atoms with Crippen LogP contribution in [-0.2, 0) is 6.42 Å². The van der Waals surface area contributed by atoms with Crippen molar-refractivity contribution in [3.05, 3.63) is 47.8 Å². The molecule has 65 valence electrons. The summed E-state index contributed by atoms with van der Waals surface area (Å²) in [6, 6.07) is 10.2. The zero-order chi connectivity index (χ0) is 9.10. The maximum Gasteiger partial charge on any atom is 0.197 e. The van der Waals surface area contributed by atoms with Crippen molar-refractivity contribution < 1.29 is 0 Å². The van der Waals surface area contributed by atoms with Crippen LogP contribution in [0.25, 0.3) is 0 Å². The van der Waals surface area contributed by atoms with E-state index in [-0.39, 0.29) is 0 Å². The molecule has 0 aromatic heterocycles. The lowest BCUT2D eigenvalue weighted by Gasteiger charge is -1.99. The van der Waals surface area contributed by atoms with Crippen molar-refractivity contribution in [3.63, 3.8) is 0 Å². The Morgan fingerprint density at radius 3 is 2.62 bits per heavy atom. The van der Waals surface area contributed by atoms with Gasteiger partial charge in [-0.2, -0.15) is 0 Å². The van der Waals surface area contributed by atoms with Crippen molar-refractivity contribution in [2.45, 2.75) is 6.42 Å². The first-order valence-electron chi connectivity index (χ1n) is 4.10. The van der Waals surface area contributed by atoms with Crippen LogP contribution >= 0.6 is 12.2 Å². The Bertz CT molecular complexity index is 343. The summed E-state index contributed by atoms with van der Waals surface area (Å²) in [6.45, 7) is 0. The van der Waals surface area contributed by atoms with Crippen molar-refractivity contribution >= 4 is 17.3 Å². The molecule has 0 amide bonds. The summed E-state index contributed by atoms with van der Waals surface area (Å²) in [6.07, 6.45) is 2.70. The lowest BCUT2D eigenvalue weighted by molar-refractivity contribution is 1.03. The summed E-state index contributed by atoms with van der Waals surface area (Å²) in [5, 5.41) is 7.62. The number of nitrogens with one attached hydrogen (secondary N) is 1. The molecule has 2 nitrogen and oxygen atoms in total. The fourth-order valence-electron chi connectivity index (χ4n) is 1.24. The van der Waals surface area contributed by atoms with Crippen LogP contribution in [0.3, 0.4) is 0 Å². The second kappa shape index (κ2) is 3.58. The van der Waals surface area contributed by atoms with Gasteiger partial charge in [-0.05, 0) is 17.8 Å². The molecule has 0 aliphatic carbocycles. The number of thiocarbonyl (C=S) groups is 1. The number of rotatable bonds is 2. The maximum absolute atomic E-state index is 4.88. The molecule has 1 aliphatic rings. The van der Waals surface area contributed by atoms with Gasteiger partial charge in [0.05, 0.1) is 5.70 Å². The molecule has 2 rings (SSSR count). The van der Waals surface area contributed by atoms with Crippen LogP contribution in [0.2, 0.25) is 0 Å². The number of hydrogen-bond acceptors (Lipinski definition) is 1. The normalized spacial score (nSPS) is 14.8. The first-order chi connectivity index (χ1) is 6.34. The van der Waals surface area contributed by atoms with Crippen LogP contribution in [-0.4, -0.2) is 5.11 Å². The molecule has 1 radical (unpaired) electrons. The third kappa shape index (κ3) is 2.06. The Morgan fingerprint density at radius 1 is 1.23 bits per heavy atom. The Morgan fingerprint density at radius 2 is 2.00 bits per heavy atom. The van der Waals surface area contributed by atoms with Crippen molar-refractivity contribution in [1.29, 1.82) is 0 Å². The minimum Gasteiger partial charge on any atom is -0.336 e. The molecular formula is C10H9N2S. The van der Waals surface area contributed by atoms with E-state index < -0.39 is 0 Å². The maximum atomic E-state index is 4.88. The fraction of sp³-hybridized carbons (Fsp3) is 0.100. The van der Waals surface area contributed by atoms with Crippen molar-refractivity contribution in [2.75, 3.05) is 0 Å². The minimum absolute atomic E-state index is 0.561. The van der Waals surface area contributed by atoms with E-state index in [0.717, 1.165) is 12.1 Å². The van der Waals surface area contributed by atoms with Gasteiger partial charge in [0.2, 0.25) is 0 Å². The van der Waals surface area contributed by atoms with E-state index in [9.17, 15) is 0 Å². The van der Waals surface area contributed by atoms with E-state index >= 15 is 0 Å². The number of nitrogens with zero attached hydrogens (tertiary/aromatic N) is 1. The topological polar surface area (TPSA) is 26.1 Å². The highest BCUT2D eigenvalue weighted by molar-refractivity contribution is 7.80. The highest BCUT2D eigenvalue weighted by Crippen LogP contribution is 2.08. The van der Waals surface area contributed by atoms with Gasteiger partial charge in [0, 0.05) is 12.6 Å². The number of hydrogen-bond donors (Lipinski definition) is 1. The number of benzene rings is 1. The molecule has 1 aromatic carbocycles. The van der Waals surface area contributed by atoms with Gasteiger partial charge in [-0.25, -0.2) is 5.32 Å². The molecule has 0 bridgehead atoms. The third-order valence-corrected chi connectivity index (χ3v) is 2.04. The summed E-state index contributed by atoms with van der Waals surface area (Å²) in [5.74, 6) is 0. The van der Waals surface area contributed by atoms with Crippen LogP contribution in [0, 0.1) is 0 Å². The van der Waals surface area contributed by atoms with E-state index in [4.69, 9.17) is 12.2 Å². The molecular weight excluding hydrogens is 180 g/mol. The van der Waals surface area contributed by atoms with Gasteiger partial charge >= 0.3 is 0 Å². The third-order valence-electron chi connectivity index (χ3n) is 1.84. The van der Waals surface area contributed by atoms with Crippen molar-refractivity contribution in [2.24, 2.45) is 0 Å². The van der Waals surface area contributed by atoms with Gasteiger partial charge in [-0.3, -0.25) is 0 Å². The van der Waals surface area contributed by atoms with Gasteiger partial charge in [0.15, 0.2) is 5.11 Å². The second-order valence-electron chi connectivity index (χ2n) is 2.86. The molecule has 1 N–H and O–H groups in total. The Labute approximate surface area is 82.7 Å². The molecule has 3 heteroatoms. The standard InChI is InChI=1S/C10H9N2S/c13-10-11-7-9(12-10)6-8-4-2-1-3-5-8/h1-5,7H,6H2,(H,11,13). The summed E-state index contributed by atoms with van der Waals surface area (Å²) < 4.78 is 0. The first-order valence-corrected chi connectivity index (χ1v) is 4.50. The molecule has 1 aliphatic heterocycles. The zero-order valence-electron chi connectivity index (χ0n) is 7.03. The van der Waals surface area contributed by atoms with Gasteiger partial charge in [-0.15, -0.1) is 0 Å². The van der Waals surface area contributed by atoms with Crippen LogP contribution in [0.5, 0.6) is 0 Å². The zero-order valence-corrected chi connectivity index (χ0v) is 7.84. The van der Waals surface area contributed by atoms with Gasteiger partial charge in [0.25, 0.3) is 0 Å². The van der Waals surface area contributed by atoms with E-state index in [0.29, 0.717) is 5.11 Å². The van der Waals surface area contributed by atoms with Gasteiger partial charge < -0.3 is 5.32 Å². The average molecular weight is 189 g/mol. The molecule has 0 fully saturated rings. The van der Waals surface area contributed by atoms with Crippen molar-refractivity contribution in [3.8, 4) is 0 Å². The Kier molecular flexibility index (Phi) is 2.27. The first kappa shape index (κ1) is 8.26. The van der Waals surface area contributed by atoms with E-state index in [1.54, 1.807) is 0 Å². The largest absolute Gasteiger partial charge is 0.336 e. The summed E-state index contributed by atoms with van der Waals surface area (Å²) >= 11 is 4.88. The van der Waals surface area contributed by atoms with E-state index in [1.807, 2.05) is 24.4 Å². The lowest BCUT2D eigenvalue weighted by Crippen LogP contribution is -2.16. The van der Waals surface area contributed by atoms with Gasteiger partial charge in [-0.1, -0.05) is 30.3 Å². The SMILES string of the molecule is S=C1[N]C(Cc2ccccc2)=CN1. The van der Waals surface area contributed by atoms with Crippen LogP contribution in [0.15, 0.2) is 42.2 Å². The molecule has 0 spiro atoms. The highest BCUT2D eigenvalue weighted by Gasteiger charge is 2.09. The van der Waals surface area contributed by atoms with Gasteiger partial charge in [0.1, 0.15) is 0 Å². The molecule has 0 unspecified atom stereocenters. The minimum atomic E-state index is 0.561. The Hall–Kier alpha value is -1.35. The summed E-state index contributed by atoms with van der Waals surface area (Å²) in [4.78, 5) is 0. The Balaban J connectivity index is 2.04. The van der Waals surface area contributed by atoms with Crippen LogP contribution in [0.1, 0.15) is 5.56 Å². The molecule has 0 saturated carbocycles. The molecule has 0 atom stereocenters. The second-order valence-corrected chi connectivity index (χ2v) is 3.25. The molecule has 1 heterocycles. The lowest BCUT2D eigenvalue weighted by atomic mass is 10.1. The summed E-state index contributed by atoms with van der Waals surface area (Å²) in [7, 11) is 0. The van der Waals surface area contributed by atoms with E-state index in [1.165, 1.54) is 5.56 Å². The quantitative estimate of drug-likeness (QED) is 0.715. The summed E-state index contributed by atoms with van der Waals surface area (Å²) in [5.41, 5.74) is 2.25. The number of allylic oxidation sites excluding steroid dienone is 1.